The molecule has 0 saturated heterocycles. The van der Waals surface area contributed by atoms with Gasteiger partial charge in [-0.1, -0.05) is 19.1 Å². The van der Waals surface area contributed by atoms with E-state index in [-0.39, 0.29) is 11.9 Å². The van der Waals surface area contributed by atoms with E-state index in [4.69, 9.17) is 4.42 Å². The van der Waals surface area contributed by atoms with Crippen molar-refractivity contribution in [1.82, 2.24) is 5.01 Å². The molecule has 0 N–H and O–H groups in total. The summed E-state index contributed by atoms with van der Waals surface area (Å²) in [5.74, 6) is 0.750. The lowest BCUT2D eigenvalue weighted by Gasteiger charge is -2.22. The average Bonchev–Trinajstić information content (AvgIpc) is 3.23. The van der Waals surface area contributed by atoms with Gasteiger partial charge in [0.1, 0.15) is 11.5 Å². The summed E-state index contributed by atoms with van der Waals surface area (Å²) in [7, 11) is 4.02. The number of carbonyl (C=O) groups is 1. The molecule has 0 radical (unpaired) electrons. The fraction of sp³-hybridized carbons (Fsp3) is 0.333. The number of carbonyl (C=O) groups excluding carboxylic acids is 1. The van der Waals surface area contributed by atoms with Crippen molar-refractivity contribution in [3.63, 3.8) is 0 Å². The van der Waals surface area contributed by atoms with Crippen LogP contribution in [0.2, 0.25) is 0 Å². The van der Waals surface area contributed by atoms with Gasteiger partial charge >= 0.3 is 0 Å². The van der Waals surface area contributed by atoms with Gasteiger partial charge < -0.3 is 9.32 Å². The topological polar surface area (TPSA) is 49.1 Å². The third-order valence-electron chi connectivity index (χ3n) is 4.07. The van der Waals surface area contributed by atoms with E-state index in [2.05, 4.69) is 34.3 Å². The van der Waals surface area contributed by atoms with Gasteiger partial charge in [0.25, 0.3) is 0 Å². The van der Waals surface area contributed by atoms with Gasteiger partial charge in [0.05, 0.1) is 12.3 Å². The molecule has 1 aliphatic rings. The Morgan fingerprint density at radius 1 is 1.30 bits per heavy atom. The van der Waals surface area contributed by atoms with E-state index in [0.717, 1.165) is 22.7 Å². The van der Waals surface area contributed by atoms with Gasteiger partial charge in [0, 0.05) is 32.6 Å². The normalized spacial score (nSPS) is 17.3. The first-order valence-electron chi connectivity index (χ1n) is 7.81. The maximum Gasteiger partial charge on any atom is 0.242 e. The lowest BCUT2D eigenvalue weighted by Crippen LogP contribution is -2.26. The number of hydrogen-bond donors (Lipinski definition) is 0. The van der Waals surface area contributed by atoms with E-state index in [1.54, 1.807) is 11.3 Å². The second kappa shape index (κ2) is 6.28. The number of furan rings is 1. The summed E-state index contributed by atoms with van der Waals surface area (Å²) in [4.78, 5) is 14.3. The summed E-state index contributed by atoms with van der Waals surface area (Å²) in [5.41, 5.74) is 3.04. The molecular weight excluding hydrogens is 290 g/mol. The van der Waals surface area contributed by atoms with Crippen molar-refractivity contribution in [3.8, 4) is 0 Å². The molecule has 0 aliphatic carbocycles. The van der Waals surface area contributed by atoms with Gasteiger partial charge in [0.2, 0.25) is 5.91 Å². The van der Waals surface area contributed by atoms with E-state index >= 15 is 0 Å². The highest BCUT2D eigenvalue weighted by atomic mass is 16.3. The predicted molar refractivity (Wildman–Crippen MR) is 90.5 cm³/mol. The van der Waals surface area contributed by atoms with Crippen LogP contribution in [0.15, 0.2) is 52.2 Å². The second-order valence-electron chi connectivity index (χ2n) is 5.82. The maximum atomic E-state index is 12.3. The molecule has 1 aliphatic heterocycles. The molecule has 0 spiro atoms. The smallest absolute Gasteiger partial charge is 0.242 e. The summed E-state index contributed by atoms with van der Waals surface area (Å²) in [5, 5.41) is 6.11. The van der Waals surface area contributed by atoms with Crippen LogP contribution >= 0.6 is 0 Å². The van der Waals surface area contributed by atoms with Crippen LogP contribution in [0.3, 0.4) is 0 Å². The van der Waals surface area contributed by atoms with Crippen molar-refractivity contribution in [3.05, 3.63) is 54.0 Å². The van der Waals surface area contributed by atoms with E-state index in [0.29, 0.717) is 12.8 Å². The van der Waals surface area contributed by atoms with Crippen molar-refractivity contribution < 1.29 is 9.21 Å². The van der Waals surface area contributed by atoms with Gasteiger partial charge in [-0.2, -0.15) is 5.10 Å². The molecule has 0 fully saturated rings. The summed E-state index contributed by atoms with van der Waals surface area (Å²) in [6.45, 7) is 1.86. The monoisotopic (exact) mass is 311 g/mol. The number of hydrazone groups is 1. The van der Waals surface area contributed by atoms with E-state index in [1.807, 2.05) is 33.2 Å². The SMILES string of the molecule is CCC(=O)N1N=C(c2ccco2)CC1c1ccc(N(C)C)cc1. The minimum Gasteiger partial charge on any atom is -0.463 e. The number of rotatable bonds is 4. The summed E-state index contributed by atoms with van der Waals surface area (Å²) in [6.07, 6.45) is 2.73. The van der Waals surface area contributed by atoms with E-state index in [9.17, 15) is 4.79 Å². The molecule has 1 unspecified atom stereocenters. The number of hydrogen-bond acceptors (Lipinski definition) is 4. The van der Waals surface area contributed by atoms with Crippen LogP contribution in [0.4, 0.5) is 5.69 Å². The van der Waals surface area contributed by atoms with Gasteiger partial charge in [-0.15, -0.1) is 0 Å². The number of anilines is 1. The molecule has 1 aromatic carbocycles. The zero-order chi connectivity index (χ0) is 16.4. The number of benzene rings is 1. The Bertz CT molecular complexity index is 702. The molecule has 1 aromatic heterocycles. The minimum atomic E-state index is -0.0706. The highest BCUT2D eigenvalue weighted by molar-refractivity contribution is 6.01. The Morgan fingerprint density at radius 3 is 2.61 bits per heavy atom. The molecule has 0 saturated carbocycles. The van der Waals surface area contributed by atoms with Crippen LogP contribution in [0.25, 0.3) is 0 Å². The highest BCUT2D eigenvalue weighted by Crippen LogP contribution is 2.34. The first kappa shape index (κ1) is 15.3. The number of nitrogens with zero attached hydrogens (tertiary/aromatic N) is 3. The van der Waals surface area contributed by atoms with Crippen molar-refractivity contribution in [2.45, 2.75) is 25.8 Å². The molecule has 1 amide bonds. The Kier molecular flexibility index (Phi) is 4.19. The molecule has 3 rings (SSSR count). The van der Waals surface area contributed by atoms with Crippen LogP contribution in [0, 0.1) is 0 Å². The van der Waals surface area contributed by atoms with Crippen LogP contribution in [-0.2, 0) is 4.79 Å². The molecular formula is C18H21N3O2. The zero-order valence-electron chi connectivity index (χ0n) is 13.7. The lowest BCUT2D eigenvalue weighted by atomic mass is 10.0. The summed E-state index contributed by atoms with van der Waals surface area (Å²) < 4.78 is 5.44. The largest absolute Gasteiger partial charge is 0.463 e. The highest BCUT2D eigenvalue weighted by Gasteiger charge is 2.33. The zero-order valence-corrected chi connectivity index (χ0v) is 13.7. The molecule has 2 heterocycles. The number of amides is 1. The molecule has 23 heavy (non-hydrogen) atoms. The molecule has 2 aromatic rings. The van der Waals surface area contributed by atoms with E-state index in [1.165, 1.54) is 0 Å². The maximum absolute atomic E-state index is 12.3. The fourth-order valence-electron chi connectivity index (χ4n) is 2.75. The van der Waals surface area contributed by atoms with Gasteiger partial charge in [-0.25, -0.2) is 5.01 Å². The van der Waals surface area contributed by atoms with Crippen molar-refractivity contribution in [2.75, 3.05) is 19.0 Å². The van der Waals surface area contributed by atoms with Crippen LogP contribution < -0.4 is 4.90 Å². The van der Waals surface area contributed by atoms with E-state index < -0.39 is 0 Å². The summed E-state index contributed by atoms with van der Waals surface area (Å²) in [6, 6.07) is 11.9. The van der Waals surface area contributed by atoms with Gasteiger partial charge in [0.15, 0.2) is 0 Å². The lowest BCUT2D eigenvalue weighted by molar-refractivity contribution is -0.132. The first-order chi connectivity index (χ1) is 11.1. The van der Waals surface area contributed by atoms with Gasteiger partial charge in [-0.05, 0) is 29.8 Å². The standard InChI is InChI=1S/C18H21N3O2/c1-4-18(22)21-16(12-15(19-21)17-6-5-11-23-17)13-7-9-14(10-8-13)20(2)3/h5-11,16H,4,12H2,1-3H3. The predicted octanol–water partition coefficient (Wildman–Crippen LogP) is 3.43. The van der Waals surface area contributed by atoms with Crippen molar-refractivity contribution >= 4 is 17.3 Å². The molecule has 120 valence electrons. The Balaban J connectivity index is 1.90. The van der Waals surface area contributed by atoms with Crippen LogP contribution in [-0.4, -0.2) is 30.7 Å². The Labute approximate surface area is 136 Å². The quantitative estimate of drug-likeness (QED) is 0.869. The Hall–Kier alpha value is -2.56. The third kappa shape index (κ3) is 2.99. The third-order valence-corrected chi connectivity index (χ3v) is 4.07. The molecule has 5 nitrogen and oxygen atoms in total. The minimum absolute atomic E-state index is 0.0215. The van der Waals surface area contributed by atoms with Crippen LogP contribution in [0.1, 0.15) is 37.1 Å². The van der Waals surface area contributed by atoms with Gasteiger partial charge in [-0.3, -0.25) is 4.79 Å². The molecule has 1 atom stereocenters. The average molecular weight is 311 g/mol. The fourth-order valence-corrected chi connectivity index (χ4v) is 2.75. The first-order valence-corrected chi connectivity index (χ1v) is 7.81. The Morgan fingerprint density at radius 2 is 2.04 bits per heavy atom. The van der Waals surface area contributed by atoms with Crippen LogP contribution in [0.5, 0.6) is 0 Å². The summed E-state index contributed by atoms with van der Waals surface area (Å²) >= 11 is 0. The van der Waals surface area contributed by atoms with Crippen molar-refractivity contribution in [2.24, 2.45) is 5.10 Å². The molecule has 0 bridgehead atoms. The second-order valence-corrected chi connectivity index (χ2v) is 5.82. The molecule has 5 heteroatoms. The van der Waals surface area contributed by atoms with Crippen molar-refractivity contribution in [1.29, 1.82) is 0 Å².